The molecule has 0 aliphatic heterocycles. The van der Waals surface area contributed by atoms with Gasteiger partial charge in [0.2, 0.25) is 5.28 Å². The Labute approximate surface area is 126 Å². The van der Waals surface area contributed by atoms with Crippen molar-refractivity contribution in [3.8, 4) is 0 Å². The topological polar surface area (TPSA) is 25.8 Å². The Morgan fingerprint density at radius 2 is 1.85 bits per heavy atom. The summed E-state index contributed by atoms with van der Waals surface area (Å²) >= 11 is 11.7. The Balaban J connectivity index is 2.25. The highest BCUT2D eigenvalue weighted by molar-refractivity contribution is 6.32. The van der Waals surface area contributed by atoms with Gasteiger partial charge < -0.3 is 0 Å². The monoisotopic (exact) mass is 308 g/mol. The summed E-state index contributed by atoms with van der Waals surface area (Å²) in [5.74, 6) is -0.282. The van der Waals surface area contributed by atoms with Crippen LogP contribution in [0.1, 0.15) is 16.8 Å². The first-order chi connectivity index (χ1) is 9.47. The maximum Gasteiger partial charge on any atom is 0.224 e. The summed E-state index contributed by atoms with van der Waals surface area (Å²) in [6.07, 6.45) is 3.52. The van der Waals surface area contributed by atoms with Crippen molar-refractivity contribution >= 4 is 34.9 Å². The third kappa shape index (κ3) is 3.44. The SMILES string of the molecule is C=C(/C=C\c1nc(Cl)nc(Cl)c1C)c1ccc(F)cc1. The molecule has 0 aliphatic carbocycles. The molecule has 2 aromatic rings. The van der Waals surface area contributed by atoms with E-state index >= 15 is 0 Å². The minimum Gasteiger partial charge on any atom is -0.218 e. The van der Waals surface area contributed by atoms with E-state index < -0.39 is 0 Å². The molecule has 1 aromatic carbocycles. The van der Waals surface area contributed by atoms with Gasteiger partial charge in [-0.1, -0.05) is 36.4 Å². The first-order valence-electron chi connectivity index (χ1n) is 5.80. The zero-order valence-electron chi connectivity index (χ0n) is 10.7. The highest BCUT2D eigenvalue weighted by atomic mass is 35.5. The van der Waals surface area contributed by atoms with E-state index in [2.05, 4.69) is 16.5 Å². The molecule has 2 rings (SSSR count). The third-order valence-corrected chi connectivity index (χ3v) is 3.29. The molecule has 20 heavy (non-hydrogen) atoms. The number of benzene rings is 1. The van der Waals surface area contributed by atoms with Gasteiger partial charge in [0, 0.05) is 5.56 Å². The first kappa shape index (κ1) is 14.7. The molecule has 0 unspecified atom stereocenters. The number of allylic oxidation sites excluding steroid dienone is 2. The largest absolute Gasteiger partial charge is 0.224 e. The molecular weight excluding hydrogens is 298 g/mol. The van der Waals surface area contributed by atoms with Crippen LogP contribution in [0.2, 0.25) is 10.4 Å². The zero-order chi connectivity index (χ0) is 14.7. The Morgan fingerprint density at radius 1 is 1.20 bits per heavy atom. The molecule has 0 radical (unpaired) electrons. The maximum atomic E-state index is 12.8. The van der Waals surface area contributed by atoms with Gasteiger partial charge in [-0.2, -0.15) is 0 Å². The highest BCUT2D eigenvalue weighted by Crippen LogP contribution is 2.21. The Morgan fingerprint density at radius 3 is 2.50 bits per heavy atom. The molecule has 2 nitrogen and oxygen atoms in total. The van der Waals surface area contributed by atoms with Crippen LogP contribution in [-0.2, 0) is 0 Å². The van der Waals surface area contributed by atoms with Gasteiger partial charge in [0.1, 0.15) is 11.0 Å². The second-order valence-electron chi connectivity index (χ2n) is 4.16. The lowest BCUT2D eigenvalue weighted by molar-refractivity contribution is 0.627. The number of halogens is 3. The van der Waals surface area contributed by atoms with E-state index in [1.54, 1.807) is 31.2 Å². The minimum atomic E-state index is -0.282. The van der Waals surface area contributed by atoms with Crippen LogP contribution in [0.15, 0.2) is 36.9 Å². The van der Waals surface area contributed by atoms with Gasteiger partial charge in [-0.15, -0.1) is 0 Å². The van der Waals surface area contributed by atoms with Crippen molar-refractivity contribution in [2.24, 2.45) is 0 Å². The molecule has 0 amide bonds. The second kappa shape index (κ2) is 6.16. The Hall–Kier alpha value is -1.71. The van der Waals surface area contributed by atoms with E-state index in [1.807, 2.05) is 0 Å². The predicted molar refractivity (Wildman–Crippen MR) is 81.3 cm³/mol. The fourth-order valence-corrected chi connectivity index (χ4v) is 1.98. The number of hydrogen-bond acceptors (Lipinski definition) is 2. The van der Waals surface area contributed by atoms with Crippen LogP contribution < -0.4 is 0 Å². The van der Waals surface area contributed by atoms with Crippen molar-refractivity contribution in [2.75, 3.05) is 0 Å². The molecule has 102 valence electrons. The number of hydrogen-bond donors (Lipinski definition) is 0. The summed E-state index contributed by atoms with van der Waals surface area (Å²) in [6, 6.07) is 6.10. The van der Waals surface area contributed by atoms with Crippen molar-refractivity contribution < 1.29 is 4.39 Å². The van der Waals surface area contributed by atoms with Gasteiger partial charge in [-0.25, -0.2) is 14.4 Å². The number of nitrogens with zero attached hydrogens (tertiary/aromatic N) is 2. The van der Waals surface area contributed by atoms with Crippen LogP contribution >= 0.6 is 23.2 Å². The molecule has 0 aliphatic rings. The van der Waals surface area contributed by atoms with Crippen molar-refractivity contribution in [2.45, 2.75) is 6.92 Å². The van der Waals surface area contributed by atoms with Gasteiger partial charge in [-0.05, 0) is 47.9 Å². The van der Waals surface area contributed by atoms with Crippen molar-refractivity contribution in [1.29, 1.82) is 0 Å². The molecule has 0 atom stereocenters. The zero-order valence-corrected chi connectivity index (χ0v) is 12.2. The van der Waals surface area contributed by atoms with E-state index in [4.69, 9.17) is 23.2 Å². The molecule has 0 fully saturated rings. The van der Waals surface area contributed by atoms with Crippen LogP contribution in [0, 0.1) is 12.7 Å². The Kier molecular flexibility index (Phi) is 4.53. The summed E-state index contributed by atoms with van der Waals surface area (Å²) in [5, 5.41) is 0.407. The van der Waals surface area contributed by atoms with Crippen molar-refractivity contribution in [3.05, 3.63) is 70.0 Å². The number of rotatable bonds is 3. The smallest absolute Gasteiger partial charge is 0.218 e. The number of aromatic nitrogens is 2. The molecule has 5 heteroatoms. The summed E-state index contributed by atoms with van der Waals surface area (Å²) in [5.41, 5.74) is 2.92. The molecule has 1 aromatic heterocycles. The van der Waals surface area contributed by atoms with Crippen LogP contribution in [0.3, 0.4) is 0 Å². The lowest BCUT2D eigenvalue weighted by Gasteiger charge is -2.03. The normalized spacial score (nSPS) is 11.0. The Bertz CT molecular complexity index is 679. The highest BCUT2D eigenvalue weighted by Gasteiger charge is 2.05. The molecule has 0 N–H and O–H groups in total. The fourth-order valence-electron chi connectivity index (χ4n) is 1.58. The molecule has 0 spiro atoms. The minimum absolute atomic E-state index is 0.0904. The average Bonchev–Trinajstić information content (AvgIpc) is 2.41. The van der Waals surface area contributed by atoms with E-state index in [1.165, 1.54) is 12.1 Å². The van der Waals surface area contributed by atoms with Gasteiger partial charge in [0.25, 0.3) is 0 Å². The molecule has 1 heterocycles. The maximum absolute atomic E-state index is 12.8. The summed E-state index contributed by atoms with van der Waals surface area (Å²) in [7, 11) is 0. The van der Waals surface area contributed by atoms with E-state index in [0.29, 0.717) is 10.8 Å². The fraction of sp³-hybridized carbons (Fsp3) is 0.0667. The average molecular weight is 309 g/mol. The van der Waals surface area contributed by atoms with Crippen molar-refractivity contribution in [3.63, 3.8) is 0 Å². The van der Waals surface area contributed by atoms with Crippen LogP contribution in [-0.4, -0.2) is 9.97 Å². The van der Waals surface area contributed by atoms with E-state index in [-0.39, 0.29) is 11.1 Å². The summed E-state index contributed by atoms with van der Waals surface area (Å²) in [6.45, 7) is 5.73. The van der Waals surface area contributed by atoms with Crippen LogP contribution in [0.4, 0.5) is 4.39 Å². The molecule has 0 saturated heterocycles. The lowest BCUT2D eigenvalue weighted by atomic mass is 10.1. The van der Waals surface area contributed by atoms with E-state index in [9.17, 15) is 4.39 Å². The first-order valence-corrected chi connectivity index (χ1v) is 6.55. The standard InChI is InChI=1S/C15H11Cl2FN2/c1-9(11-4-6-12(18)7-5-11)3-8-13-10(2)14(16)20-15(17)19-13/h3-8H,1H2,2H3/b8-3-. The quantitative estimate of drug-likeness (QED) is 0.455. The third-order valence-electron chi connectivity index (χ3n) is 2.75. The van der Waals surface area contributed by atoms with Gasteiger partial charge in [0.15, 0.2) is 0 Å². The van der Waals surface area contributed by atoms with Crippen LogP contribution in [0.25, 0.3) is 11.6 Å². The molecule has 0 bridgehead atoms. The van der Waals surface area contributed by atoms with E-state index in [0.717, 1.165) is 16.7 Å². The lowest BCUT2D eigenvalue weighted by Crippen LogP contribution is -1.93. The van der Waals surface area contributed by atoms with Crippen LogP contribution in [0.5, 0.6) is 0 Å². The second-order valence-corrected chi connectivity index (χ2v) is 4.86. The summed E-state index contributed by atoms with van der Waals surface area (Å²) < 4.78 is 12.8. The molecule has 0 saturated carbocycles. The van der Waals surface area contributed by atoms with Gasteiger partial charge >= 0.3 is 0 Å². The van der Waals surface area contributed by atoms with Crippen molar-refractivity contribution in [1.82, 2.24) is 9.97 Å². The van der Waals surface area contributed by atoms with Gasteiger partial charge in [-0.3, -0.25) is 0 Å². The molecular formula is C15H11Cl2FN2. The van der Waals surface area contributed by atoms with Gasteiger partial charge in [0.05, 0.1) is 5.69 Å². The predicted octanol–water partition coefficient (Wildman–Crippen LogP) is 4.96. The summed E-state index contributed by atoms with van der Waals surface area (Å²) in [4.78, 5) is 7.95.